The van der Waals surface area contributed by atoms with E-state index in [0.29, 0.717) is 6.04 Å². The molecule has 96 valence electrons. The fourth-order valence-corrected chi connectivity index (χ4v) is 3.03. The Morgan fingerprint density at radius 1 is 1.16 bits per heavy atom. The summed E-state index contributed by atoms with van der Waals surface area (Å²) in [4.78, 5) is 10.3. The minimum atomic E-state index is 0.328. The minimum absolute atomic E-state index is 0.328. The third-order valence-electron chi connectivity index (χ3n) is 3.25. The highest BCUT2D eigenvalue weighted by Crippen LogP contribution is 2.32. The summed E-state index contributed by atoms with van der Waals surface area (Å²) in [5.41, 5.74) is 2.13. The van der Waals surface area contributed by atoms with Crippen molar-refractivity contribution in [3.63, 3.8) is 0 Å². The quantitative estimate of drug-likeness (QED) is 0.789. The molecule has 0 amide bonds. The molecular weight excluding hydrogens is 254 g/mol. The Labute approximate surface area is 116 Å². The van der Waals surface area contributed by atoms with Crippen LogP contribution in [0.2, 0.25) is 0 Å². The van der Waals surface area contributed by atoms with Gasteiger partial charge in [-0.2, -0.15) is 0 Å². The van der Waals surface area contributed by atoms with Crippen molar-refractivity contribution >= 4 is 22.2 Å². The lowest BCUT2D eigenvalue weighted by atomic mass is 10.1. The van der Waals surface area contributed by atoms with Gasteiger partial charge in [-0.05, 0) is 26.1 Å². The molecule has 19 heavy (non-hydrogen) atoms. The lowest BCUT2D eigenvalue weighted by Gasteiger charge is -2.05. The molecule has 0 bridgehead atoms. The predicted molar refractivity (Wildman–Crippen MR) is 80.3 cm³/mol. The van der Waals surface area contributed by atoms with Gasteiger partial charge in [-0.25, -0.2) is 4.98 Å². The second-order valence-corrected chi connectivity index (χ2v) is 5.52. The van der Waals surface area contributed by atoms with Crippen LogP contribution in [0.25, 0.3) is 21.5 Å². The smallest absolute Gasteiger partial charge is 0.125 e. The fourth-order valence-electron chi connectivity index (χ4n) is 2.03. The van der Waals surface area contributed by atoms with E-state index in [4.69, 9.17) is 0 Å². The minimum Gasteiger partial charge on any atom is -0.312 e. The van der Waals surface area contributed by atoms with Gasteiger partial charge in [-0.15, -0.1) is 11.3 Å². The first-order chi connectivity index (χ1) is 9.29. The Morgan fingerprint density at radius 2 is 2.00 bits per heavy atom. The van der Waals surface area contributed by atoms with E-state index < -0.39 is 0 Å². The predicted octanol–water partition coefficient (Wildman–Crippen LogP) is 3.64. The van der Waals surface area contributed by atoms with Crippen LogP contribution in [0, 0.1) is 0 Å². The lowest BCUT2D eigenvalue weighted by molar-refractivity contribution is 0.662. The van der Waals surface area contributed by atoms with Crippen LogP contribution < -0.4 is 5.32 Å². The first-order valence-electron chi connectivity index (χ1n) is 6.26. The number of fused-ring (bicyclic) bond motifs is 1. The van der Waals surface area contributed by atoms with Crippen molar-refractivity contribution in [1.82, 2.24) is 15.3 Å². The maximum atomic E-state index is 4.54. The molecule has 3 nitrogen and oxygen atoms in total. The number of para-hydroxylation sites is 1. The average Bonchev–Trinajstić information content (AvgIpc) is 2.95. The molecule has 0 aliphatic rings. The Kier molecular flexibility index (Phi) is 3.27. The summed E-state index contributed by atoms with van der Waals surface area (Å²) >= 11 is 1.72. The van der Waals surface area contributed by atoms with E-state index in [9.17, 15) is 0 Å². The highest BCUT2D eigenvalue weighted by molar-refractivity contribution is 7.15. The molecule has 3 aromatic rings. The van der Waals surface area contributed by atoms with Crippen molar-refractivity contribution < 1.29 is 0 Å². The van der Waals surface area contributed by atoms with Gasteiger partial charge in [0, 0.05) is 34.3 Å². The van der Waals surface area contributed by atoms with Crippen LogP contribution in [-0.2, 0) is 0 Å². The number of aromatic nitrogens is 2. The van der Waals surface area contributed by atoms with E-state index in [1.54, 1.807) is 11.3 Å². The van der Waals surface area contributed by atoms with Gasteiger partial charge in [0.2, 0.25) is 0 Å². The summed E-state index contributed by atoms with van der Waals surface area (Å²) in [7, 11) is 1.96. The van der Waals surface area contributed by atoms with Crippen molar-refractivity contribution in [3.05, 3.63) is 47.6 Å². The molecule has 0 aliphatic heterocycles. The SMILES string of the molecule is CNC(C)c1cnc(-c2cccc3cccnc23)s1. The molecule has 1 unspecified atom stereocenters. The number of benzene rings is 1. The van der Waals surface area contributed by atoms with Crippen LogP contribution in [0.1, 0.15) is 17.8 Å². The van der Waals surface area contributed by atoms with Gasteiger partial charge in [0.15, 0.2) is 0 Å². The number of hydrogen-bond acceptors (Lipinski definition) is 4. The normalized spacial score (nSPS) is 12.7. The average molecular weight is 269 g/mol. The third kappa shape index (κ3) is 2.25. The zero-order valence-corrected chi connectivity index (χ0v) is 11.7. The molecule has 1 atom stereocenters. The second-order valence-electron chi connectivity index (χ2n) is 4.46. The maximum absolute atomic E-state index is 4.54. The molecule has 1 aromatic carbocycles. The van der Waals surface area contributed by atoms with Gasteiger partial charge in [-0.3, -0.25) is 4.98 Å². The standard InChI is InChI=1S/C15H15N3S/c1-10(16-2)13-9-18-15(19-13)12-7-3-5-11-6-4-8-17-14(11)12/h3-10,16H,1-2H3. The molecule has 0 aliphatic carbocycles. The van der Waals surface area contributed by atoms with Gasteiger partial charge >= 0.3 is 0 Å². The molecular formula is C15H15N3S. The molecule has 0 saturated carbocycles. The number of pyridine rings is 1. The molecule has 4 heteroatoms. The monoisotopic (exact) mass is 269 g/mol. The molecule has 0 spiro atoms. The van der Waals surface area contributed by atoms with E-state index in [0.717, 1.165) is 21.5 Å². The second kappa shape index (κ2) is 5.07. The number of hydrogen-bond donors (Lipinski definition) is 1. The van der Waals surface area contributed by atoms with E-state index in [1.807, 2.05) is 25.5 Å². The molecule has 3 rings (SSSR count). The Hall–Kier alpha value is -1.78. The molecule has 0 fully saturated rings. The summed E-state index contributed by atoms with van der Waals surface area (Å²) < 4.78 is 0. The van der Waals surface area contributed by atoms with Crippen molar-refractivity contribution in [2.45, 2.75) is 13.0 Å². The Bertz CT molecular complexity index is 700. The zero-order chi connectivity index (χ0) is 13.2. The molecule has 0 saturated heterocycles. The van der Waals surface area contributed by atoms with Gasteiger partial charge in [-0.1, -0.05) is 18.2 Å². The summed E-state index contributed by atoms with van der Waals surface area (Å²) in [6.07, 6.45) is 3.78. The van der Waals surface area contributed by atoms with Gasteiger partial charge in [0.25, 0.3) is 0 Å². The van der Waals surface area contributed by atoms with Crippen LogP contribution in [-0.4, -0.2) is 17.0 Å². The van der Waals surface area contributed by atoms with E-state index >= 15 is 0 Å². The number of nitrogens with one attached hydrogen (secondary N) is 1. The lowest BCUT2D eigenvalue weighted by Crippen LogP contribution is -2.10. The Balaban J connectivity index is 2.12. The largest absolute Gasteiger partial charge is 0.312 e. The highest BCUT2D eigenvalue weighted by atomic mass is 32.1. The first kappa shape index (κ1) is 12.3. The Morgan fingerprint density at radius 3 is 2.84 bits per heavy atom. The third-order valence-corrected chi connectivity index (χ3v) is 4.46. The van der Waals surface area contributed by atoms with Crippen molar-refractivity contribution in [2.75, 3.05) is 7.05 Å². The van der Waals surface area contributed by atoms with Gasteiger partial charge < -0.3 is 5.32 Å². The first-order valence-corrected chi connectivity index (χ1v) is 7.08. The summed E-state index contributed by atoms with van der Waals surface area (Å²) in [6, 6.07) is 10.6. The van der Waals surface area contributed by atoms with E-state index in [-0.39, 0.29) is 0 Å². The molecule has 1 N–H and O–H groups in total. The number of nitrogens with zero attached hydrogens (tertiary/aromatic N) is 2. The van der Waals surface area contributed by atoms with E-state index in [2.05, 4.69) is 46.5 Å². The molecule has 2 aromatic heterocycles. The number of thiazole rings is 1. The molecule has 0 radical (unpaired) electrons. The van der Waals surface area contributed by atoms with Crippen molar-refractivity contribution in [1.29, 1.82) is 0 Å². The zero-order valence-electron chi connectivity index (χ0n) is 10.9. The maximum Gasteiger partial charge on any atom is 0.125 e. The van der Waals surface area contributed by atoms with E-state index in [1.165, 1.54) is 4.88 Å². The van der Waals surface area contributed by atoms with Gasteiger partial charge in [0.05, 0.1) is 5.52 Å². The van der Waals surface area contributed by atoms with Crippen molar-refractivity contribution in [3.8, 4) is 10.6 Å². The number of rotatable bonds is 3. The topological polar surface area (TPSA) is 37.8 Å². The van der Waals surface area contributed by atoms with Crippen LogP contribution in [0.15, 0.2) is 42.7 Å². The van der Waals surface area contributed by atoms with Crippen LogP contribution in [0.4, 0.5) is 0 Å². The van der Waals surface area contributed by atoms with Crippen LogP contribution in [0.3, 0.4) is 0 Å². The molecule has 2 heterocycles. The fraction of sp³-hybridized carbons (Fsp3) is 0.200. The van der Waals surface area contributed by atoms with Gasteiger partial charge in [0.1, 0.15) is 5.01 Å². The summed E-state index contributed by atoms with van der Waals surface area (Å²) in [5, 5.41) is 5.42. The summed E-state index contributed by atoms with van der Waals surface area (Å²) in [6.45, 7) is 2.14. The highest BCUT2D eigenvalue weighted by Gasteiger charge is 2.11. The van der Waals surface area contributed by atoms with Crippen LogP contribution >= 0.6 is 11.3 Å². The summed E-state index contributed by atoms with van der Waals surface area (Å²) in [5.74, 6) is 0. The van der Waals surface area contributed by atoms with Crippen molar-refractivity contribution in [2.24, 2.45) is 0 Å². The van der Waals surface area contributed by atoms with Crippen LogP contribution in [0.5, 0.6) is 0 Å².